The van der Waals surface area contributed by atoms with Gasteiger partial charge in [0.15, 0.2) is 0 Å². The Labute approximate surface area is 207 Å². The van der Waals surface area contributed by atoms with Gasteiger partial charge in [-0.3, -0.25) is 4.79 Å². The van der Waals surface area contributed by atoms with Crippen molar-refractivity contribution in [3.05, 3.63) is 89.6 Å². The molecule has 0 spiro atoms. The fraction of sp³-hybridized carbons (Fsp3) is 0.115. The molecule has 4 aromatic rings. The van der Waals surface area contributed by atoms with E-state index in [1.54, 1.807) is 6.20 Å². The summed E-state index contributed by atoms with van der Waals surface area (Å²) in [5.74, 6) is 0.893. The first-order chi connectivity index (χ1) is 16.5. The van der Waals surface area contributed by atoms with E-state index in [1.807, 2.05) is 67.5 Å². The Morgan fingerprint density at radius 1 is 0.941 bits per heavy atom. The molecule has 3 aromatic carbocycles. The maximum atomic E-state index is 12.1. The highest BCUT2D eigenvalue weighted by molar-refractivity contribution is 9.10. The van der Waals surface area contributed by atoms with Crippen LogP contribution in [0.3, 0.4) is 0 Å². The second-order valence-electron chi connectivity index (χ2n) is 7.94. The van der Waals surface area contributed by atoms with Gasteiger partial charge in [0, 0.05) is 35.9 Å². The SMILES string of the molecule is CN(C)C/C=C/C(=O)Nc1cccc(Nc2ncc(Br)c(Nc3ccc4ccccc4c3)n2)c1. The molecule has 0 aliphatic carbocycles. The van der Waals surface area contributed by atoms with Gasteiger partial charge in [-0.2, -0.15) is 4.98 Å². The van der Waals surface area contributed by atoms with Crippen molar-refractivity contribution in [2.75, 3.05) is 36.6 Å². The first kappa shape index (κ1) is 23.4. The Hall–Kier alpha value is -3.75. The number of carbonyl (C=O) groups is 1. The molecule has 1 aromatic heterocycles. The first-order valence-corrected chi connectivity index (χ1v) is 11.5. The van der Waals surface area contributed by atoms with Crippen LogP contribution in [0.1, 0.15) is 0 Å². The van der Waals surface area contributed by atoms with Crippen molar-refractivity contribution >= 4 is 61.4 Å². The molecule has 0 aliphatic heterocycles. The summed E-state index contributed by atoms with van der Waals surface area (Å²) in [6.07, 6.45) is 5.04. The van der Waals surface area contributed by atoms with Crippen LogP contribution in [0.4, 0.5) is 28.8 Å². The summed E-state index contributed by atoms with van der Waals surface area (Å²) in [6, 6.07) is 21.8. The van der Waals surface area contributed by atoms with Crippen LogP contribution < -0.4 is 16.0 Å². The van der Waals surface area contributed by atoms with Crippen molar-refractivity contribution in [2.24, 2.45) is 0 Å². The molecule has 0 radical (unpaired) electrons. The second kappa shape index (κ2) is 10.9. The summed E-state index contributed by atoms with van der Waals surface area (Å²) in [5, 5.41) is 11.7. The normalized spacial score (nSPS) is 11.2. The first-order valence-electron chi connectivity index (χ1n) is 10.7. The van der Waals surface area contributed by atoms with Gasteiger partial charge in [-0.05, 0) is 71.1 Å². The fourth-order valence-electron chi connectivity index (χ4n) is 3.28. The zero-order valence-electron chi connectivity index (χ0n) is 18.9. The van der Waals surface area contributed by atoms with Crippen LogP contribution in [0.2, 0.25) is 0 Å². The summed E-state index contributed by atoms with van der Waals surface area (Å²) in [5.41, 5.74) is 2.36. The third-order valence-electron chi connectivity index (χ3n) is 4.88. The number of nitrogens with one attached hydrogen (secondary N) is 3. The van der Waals surface area contributed by atoms with Gasteiger partial charge in [0.1, 0.15) is 5.82 Å². The Morgan fingerprint density at radius 3 is 2.53 bits per heavy atom. The molecule has 0 unspecified atom stereocenters. The Bertz CT molecular complexity index is 1340. The Balaban J connectivity index is 1.46. The number of hydrogen-bond donors (Lipinski definition) is 3. The average Bonchev–Trinajstić information content (AvgIpc) is 2.81. The van der Waals surface area contributed by atoms with Gasteiger partial charge in [-0.1, -0.05) is 42.5 Å². The lowest BCUT2D eigenvalue weighted by Gasteiger charge is -2.12. The highest BCUT2D eigenvalue weighted by Crippen LogP contribution is 2.27. The molecule has 7 nitrogen and oxygen atoms in total. The monoisotopic (exact) mass is 516 g/mol. The minimum Gasteiger partial charge on any atom is -0.339 e. The number of amides is 1. The second-order valence-corrected chi connectivity index (χ2v) is 8.79. The topological polar surface area (TPSA) is 82.2 Å². The smallest absolute Gasteiger partial charge is 0.248 e. The van der Waals surface area contributed by atoms with Crippen LogP contribution >= 0.6 is 15.9 Å². The van der Waals surface area contributed by atoms with Crippen molar-refractivity contribution in [3.8, 4) is 0 Å². The summed E-state index contributed by atoms with van der Waals surface area (Å²) in [7, 11) is 3.90. The maximum Gasteiger partial charge on any atom is 0.248 e. The molecule has 0 saturated heterocycles. The zero-order chi connectivity index (χ0) is 23.9. The third kappa shape index (κ3) is 6.40. The number of nitrogens with zero attached hydrogens (tertiary/aromatic N) is 3. The number of anilines is 5. The average molecular weight is 517 g/mol. The van der Waals surface area contributed by atoms with E-state index < -0.39 is 0 Å². The van der Waals surface area contributed by atoms with Gasteiger partial charge in [-0.25, -0.2) is 4.98 Å². The number of halogens is 1. The van der Waals surface area contributed by atoms with Crippen LogP contribution in [0.5, 0.6) is 0 Å². The largest absolute Gasteiger partial charge is 0.339 e. The van der Waals surface area contributed by atoms with E-state index >= 15 is 0 Å². The molecule has 0 bridgehead atoms. The van der Waals surface area contributed by atoms with Gasteiger partial charge in [-0.15, -0.1) is 0 Å². The molecule has 0 saturated carbocycles. The molecule has 172 valence electrons. The minimum atomic E-state index is -0.180. The third-order valence-corrected chi connectivity index (χ3v) is 5.46. The number of rotatable bonds is 8. The minimum absolute atomic E-state index is 0.180. The van der Waals surface area contributed by atoms with Crippen molar-refractivity contribution < 1.29 is 4.79 Å². The van der Waals surface area contributed by atoms with E-state index in [1.165, 1.54) is 11.5 Å². The van der Waals surface area contributed by atoms with E-state index in [4.69, 9.17) is 0 Å². The molecule has 4 rings (SSSR count). The maximum absolute atomic E-state index is 12.1. The lowest BCUT2D eigenvalue weighted by Crippen LogP contribution is -2.13. The van der Waals surface area contributed by atoms with Gasteiger partial charge in [0.05, 0.1) is 4.47 Å². The summed E-state index contributed by atoms with van der Waals surface area (Å²) in [6.45, 7) is 0.700. The van der Waals surface area contributed by atoms with Crippen molar-refractivity contribution in [2.45, 2.75) is 0 Å². The van der Waals surface area contributed by atoms with Gasteiger partial charge < -0.3 is 20.9 Å². The van der Waals surface area contributed by atoms with E-state index in [9.17, 15) is 4.79 Å². The molecule has 0 fully saturated rings. The Morgan fingerprint density at radius 2 is 1.71 bits per heavy atom. The van der Waals surface area contributed by atoms with E-state index in [0.717, 1.165) is 21.2 Å². The molecule has 0 aliphatic rings. The van der Waals surface area contributed by atoms with Gasteiger partial charge in [0.2, 0.25) is 11.9 Å². The van der Waals surface area contributed by atoms with Crippen LogP contribution in [-0.4, -0.2) is 41.4 Å². The molecule has 3 N–H and O–H groups in total. The Kier molecular flexibility index (Phi) is 7.51. The number of likely N-dealkylation sites (N-methyl/N-ethyl adjacent to an activating group) is 1. The zero-order valence-corrected chi connectivity index (χ0v) is 20.5. The summed E-state index contributed by atoms with van der Waals surface area (Å²) < 4.78 is 0.747. The number of carbonyl (C=O) groups excluding carboxylic acids is 1. The van der Waals surface area contributed by atoms with E-state index in [2.05, 4.69) is 66.1 Å². The lowest BCUT2D eigenvalue weighted by molar-refractivity contribution is -0.111. The van der Waals surface area contributed by atoms with Gasteiger partial charge >= 0.3 is 0 Å². The molecular weight excluding hydrogens is 492 g/mol. The number of hydrogen-bond acceptors (Lipinski definition) is 6. The molecule has 34 heavy (non-hydrogen) atoms. The summed E-state index contributed by atoms with van der Waals surface area (Å²) in [4.78, 5) is 23.1. The molecule has 0 atom stereocenters. The fourth-order valence-corrected chi connectivity index (χ4v) is 3.57. The molecule has 1 heterocycles. The number of benzene rings is 3. The molecule has 1 amide bonds. The van der Waals surface area contributed by atoms with Crippen LogP contribution in [0, 0.1) is 0 Å². The van der Waals surface area contributed by atoms with Crippen molar-refractivity contribution in [3.63, 3.8) is 0 Å². The standard InChI is InChI=1S/C26H25BrN6O/c1-33(2)14-6-11-24(34)29-20-9-5-10-21(16-20)31-26-28-17-23(27)25(32-26)30-22-13-12-18-7-3-4-8-19(18)15-22/h3-13,15-17H,14H2,1-2H3,(H,29,34)(H2,28,30,31,32)/b11-6+. The highest BCUT2D eigenvalue weighted by Gasteiger charge is 2.08. The highest BCUT2D eigenvalue weighted by atomic mass is 79.9. The van der Waals surface area contributed by atoms with E-state index in [0.29, 0.717) is 24.0 Å². The number of fused-ring (bicyclic) bond motifs is 1. The number of aromatic nitrogens is 2. The molecule has 8 heteroatoms. The van der Waals surface area contributed by atoms with Crippen LogP contribution in [0.25, 0.3) is 10.8 Å². The van der Waals surface area contributed by atoms with E-state index in [-0.39, 0.29) is 5.91 Å². The van der Waals surface area contributed by atoms with Crippen LogP contribution in [-0.2, 0) is 4.79 Å². The predicted molar refractivity (Wildman–Crippen MR) is 143 cm³/mol. The molecular formula is C26H25BrN6O. The van der Waals surface area contributed by atoms with Crippen molar-refractivity contribution in [1.82, 2.24) is 14.9 Å². The lowest BCUT2D eigenvalue weighted by atomic mass is 10.1. The van der Waals surface area contributed by atoms with Crippen molar-refractivity contribution in [1.29, 1.82) is 0 Å². The summed E-state index contributed by atoms with van der Waals surface area (Å²) >= 11 is 3.52. The predicted octanol–water partition coefficient (Wildman–Crippen LogP) is 5.94. The van der Waals surface area contributed by atoms with Gasteiger partial charge in [0.25, 0.3) is 0 Å². The quantitative estimate of drug-likeness (QED) is 0.251. The van der Waals surface area contributed by atoms with Crippen LogP contribution in [0.15, 0.2) is 89.6 Å².